The van der Waals surface area contributed by atoms with Crippen LogP contribution in [0.15, 0.2) is 53.2 Å². The van der Waals surface area contributed by atoms with Crippen molar-refractivity contribution in [3.05, 3.63) is 64.5 Å². The summed E-state index contributed by atoms with van der Waals surface area (Å²) < 4.78 is 1.62. The van der Waals surface area contributed by atoms with Crippen LogP contribution in [-0.4, -0.2) is 70.7 Å². The zero-order chi connectivity index (χ0) is 20.9. The van der Waals surface area contributed by atoms with Crippen LogP contribution < -0.4 is 5.32 Å². The normalized spacial score (nSPS) is 14.6. The number of hydrogen-bond donors (Lipinski definition) is 1. The number of piperazine rings is 1. The number of nitrogens with zero attached hydrogens (tertiary/aromatic N) is 4. The molecule has 1 aliphatic heterocycles. The molecule has 0 spiro atoms. The Kier molecular flexibility index (Phi) is 6.25. The van der Waals surface area contributed by atoms with Crippen molar-refractivity contribution in [2.75, 3.05) is 39.3 Å². The second-order valence-electron chi connectivity index (χ2n) is 7.31. The third kappa shape index (κ3) is 4.60. The van der Waals surface area contributed by atoms with Crippen LogP contribution in [0.2, 0.25) is 0 Å². The van der Waals surface area contributed by atoms with Crippen LogP contribution >= 0.6 is 11.3 Å². The summed E-state index contributed by atoms with van der Waals surface area (Å²) >= 11 is 1.54. The van der Waals surface area contributed by atoms with E-state index in [0.29, 0.717) is 25.3 Å². The van der Waals surface area contributed by atoms with Crippen molar-refractivity contribution in [3.8, 4) is 11.3 Å². The number of rotatable bonds is 6. The molecule has 0 unspecified atom stereocenters. The summed E-state index contributed by atoms with van der Waals surface area (Å²) in [5.41, 5.74) is 3.09. The number of hydrogen-bond acceptors (Lipinski definition) is 5. The van der Waals surface area contributed by atoms with Crippen LogP contribution in [0.5, 0.6) is 0 Å². The van der Waals surface area contributed by atoms with Gasteiger partial charge in [-0.05, 0) is 17.5 Å². The Labute approximate surface area is 179 Å². The molecule has 0 aliphatic carbocycles. The van der Waals surface area contributed by atoms with Crippen LogP contribution in [0, 0.1) is 0 Å². The van der Waals surface area contributed by atoms with Gasteiger partial charge >= 0.3 is 0 Å². The Hall–Kier alpha value is -2.97. The highest BCUT2D eigenvalue weighted by Crippen LogP contribution is 2.18. The lowest BCUT2D eigenvalue weighted by Gasteiger charge is -2.34. The molecule has 1 N–H and O–H groups in total. The van der Waals surface area contributed by atoms with Crippen molar-refractivity contribution in [2.45, 2.75) is 0 Å². The van der Waals surface area contributed by atoms with Gasteiger partial charge in [-0.15, -0.1) is 0 Å². The largest absolute Gasteiger partial charge is 0.349 e. The van der Waals surface area contributed by atoms with Gasteiger partial charge in [0.25, 0.3) is 11.8 Å². The summed E-state index contributed by atoms with van der Waals surface area (Å²) in [5.74, 6) is -0.0203. The maximum atomic E-state index is 12.6. The molecular weight excluding hydrogens is 398 g/mol. The van der Waals surface area contributed by atoms with E-state index in [0.717, 1.165) is 36.5 Å². The first kappa shape index (κ1) is 20.3. The molecule has 2 amide bonds. The highest BCUT2D eigenvalue weighted by atomic mass is 32.1. The van der Waals surface area contributed by atoms with Crippen molar-refractivity contribution in [3.63, 3.8) is 0 Å². The van der Waals surface area contributed by atoms with Gasteiger partial charge < -0.3 is 10.2 Å². The van der Waals surface area contributed by atoms with Crippen molar-refractivity contribution >= 4 is 23.2 Å². The first-order valence-electron chi connectivity index (χ1n) is 10.0. The lowest BCUT2D eigenvalue weighted by atomic mass is 10.1. The van der Waals surface area contributed by atoms with E-state index in [-0.39, 0.29) is 11.8 Å². The molecule has 1 fully saturated rings. The third-order valence-electron chi connectivity index (χ3n) is 5.32. The second kappa shape index (κ2) is 9.23. The Bertz CT molecular complexity index is 992. The summed E-state index contributed by atoms with van der Waals surface area (Å²) in [6.07, 6.45) is 0. The summed E-state index contributed by atoms with van der Waals surface area (Å²) in [5, 5.41) is 11.3. The van der Waals surface area contributed by atoms with Crippen LogP contribution in [0.3, 0.4) is 0 Å². The second-order valence-corrected chi connectivity index (χ2v) is 8.09. The maximum absolute atomic E-state index is 12.6. The number of benzene rings is 1. The molecule has 156 valence electrons. The van der Waals surface area contributed by atoms with Crippen LogP contribution in [-0.2, 0) is 7.05 Å². The summed E-state index contributed by atoms with van der Waals surface area (Å²) in [4.78, 5) is 29.2. The fourth-order valence-electron chi connectivity index (χ4n) is 3.59. The first-order valence-corrected chi connectivity index (χ1v) is 11.0. The van der Waals surface area contributed by atoms with Crippen molar-refractivity contribution in [1.29, 1.82) is 0 Å². The Morgan fingerprint density at radius 1 is 1.10 bits per heavy atom. The minimum Gasteiger partial charge on any atom is -0.349 e. The van der Waals surface area contributed by atoms with E-state index < -0.39 is 0 Å². The van der Waals surface area contributed by atoms with Crippen LogP contribution in [0.1, 0.15) is 20.8 Å². The minimum atomic E-state index is -0.126. The van der Waals surface area contributed by atoms with E-state index in [4.69, 9.17) is 0 Å². The molecule has 1 aromatic carbocycles. The molecule has 0 radical (unpaired) electrons. The quantitative estimate of drug-likeness (QED) is 0.661. The summed E-state index contributed by atoms with van der Waals surface area (Å²) in [6, 6.07) is 13.5. The molecule has 4 rings (SSSR count). The fourth-order valence-corrected chi connectivity index (χ4v) is 4.22. The van der Waals surface area contributed by atoms with Crippen LogP contribution in [0.4, 0.5) is 0 Å². The number of carbonyl (C=O) groups excluding carboxylic acids is 2. The number of amides is 2. The molecule has 0 saturated carbocycles. The molecule has 1 aliphatic rings. The number of carbonyl (C=O) groups is 2. The predicted octanol–water partition coefficient (Wildman–Crippen LogP) is 2.34. The van der Waals surface area contributed by atoms with Gasteiger partial charge in [-0.2, -0.15) is 16.4 Å². The molecule has 0 bridgehead atoms. The Balaban J connectivity index is 1.24. The topological polar surface area (TPSA) is 70.5 Å². The van der Waals surface area contributed by atoms with Crippen molar-refractivity contribution < 1.29 is 9.59 Å². The van der Waals surface area contributed by atoms with E-state index in [1.165, 1.54) is 0 Å². The lowest BCUT2D eigenvalue weighted by molar-refractivity contribution is 0.0638. The SMILES string of the molecule is Cn1nc(-c2ccccc2)cc1C(=O)NCCN1CCN(C(=O)c2ccsc2)CC1. The molecule has 0 atom stereocenters. The number of aryl methyl sites for hydroxylation is 1. The van der Waals surface area contributed by atoms with Crippen LogP contribution in [0.25, 0.3) is 11.3 Å². The molecular formula is C22H25N5O2S. The highest BCUT2D eigenvalue weighted by molar-refractivity contribution is 7.08. The fraction of sp³-hybridized carbons (Fsp3) is 0.318. The van der Waals surface area contributed by atoms with Gasteiger partial charge in [0.05, 0.1) is 11.3 Å². The van der Waals surface area contributed by atoms with Gasteiger partial charge in [0.2, 0.25) is 0 Å². The minimum absolute atomic E-state index is 0.106. The molecule has 30 heavy (non-hydrogen) atoms. The average Bonchev–Trinajstić information content (AvgIpc) is 3.44. The maximum Gasteiger partial charge on any atom is 0.269 e. The van der Waals surface area contributed by atoms with E-state index in [1.54, 1.807) is 23.1 Å². The monoisotopic (exact) mass is 423 g/mol. The Morgan fingerprint density at radius 3 is 2.57 bits per heavy atom. The average molecular weight is 424 g/mol. The molecule has 7 nitrogen and oxygen atoms in total. The van der Waals surface area contributed by atoms with E-state index in [2.05, 4.69) is 15.3 Å². The molecule has 8 heteroatoms. The first-order chi connectivity index (χ1) is 14.6. The zero-order valence-electron chi connectivity index (χ0n) is 17.0. The van der Waals surface area contributed by atoms with Crippen molar-refractivity contribution in [1.82, 2.24) is 24.9 Å². The molecule has 3 aromatic rings. The predicted molar refractivity (Wildman–Crippen MR) is 118 cm³/mol. The van der Waals surface area contributed by atoms with Gasteiger partial charge in [-0.3, -0.25) is 19.2 Å². The van der Waals surface area contributed by atoms with Gasteiger partial charge in [-0.1, -0.05) is 30.3 Å². The zero-order valence-corrected chi connectivity index (χ0v) is 17.8. The summed E-state index contributed by atoms with van der Waals surface area (Å²) in [6.45, 7) is 4.37. The number of aromatic nitrogens is 2. The van der Waals surface area contributed by atoms with Gasteiger partial charge in [0.15, 0.2) is 0 Å². The highest BCUT2D eigenvalue weighted by Gasteiger charge is 2.22. The van der Waals surface area contributed by atoms with Gasteiger partial charge in [-0.25, -0.2) is 0 Å². The van der Waals surface area contributed by atoms with E-state index >= 15 is 0 Å². The lowest BCUT2D eigenvalue weighted by Crippen LogP contribution is -2.50. The van der Waals surface area contributed by atoms with Crippen molar-refractivity contribution in [2.24, 2.45) is 7.05 Å². The number of nitrogens with one attached hydrogen (secondary N) is 1. The third-order valence-corrected chi connectivity index (χ3v) is 6.01. The number of thiophene rings is 1. The van der Waals surface area contributed by atoms with E-state index in [9.17, 15) is 9.59 Å². The summed E-state index contributed by atoms with van der Waals surface area (Å²) in [7, 11) is 1.78. The molecule has 1 saturated heterocycles. The standard InChI is InChI=1S/C22H25N5O2S/c1-25-20(15-19(24-25)17-5-3-2-4-6-17)21(28)23-8-9-26-10-12-27(13-11-26)22(29)18-7-14-30-16-18/h2-7,14-16H,8-13H2,1H3,(H,23,28). The Morgan fingerprint density at radius 2 is 1.87 bits per heavy atom. The smallest absolute Gasteiger partial charge is 0.269 e. The van der Waals surface area contributed by atoms with Gasteiger partial charge in [0.1, 0.15) is 5.69 Å². The van der Waals surface area contributed by atoms with E-state index in [1.807, 2.05) is 58.1 Å². The molecule has 3 heterocycles. The van der Waals surface area contributed by atoms with Gasteiger partial charge in [0, 0.05) is 57.3 Å². The molecule has 2 aromatic heterocycles.